The van der Waals surface area contributed by atoms with E-state index in [9.17, 15) is 0 Å². The molecule has 1 fully saturated rings. The predicted molar refractivity (Wildman–Crippen MR) is 71.9 cm³/mol. The summed E-state index contributed by atoms with van der Waals surface area (Å²) >= 11 is 0. The minimum Gasteiger partial charge on any atom is -0.315 e. The van der Waals surface area contributed by atoms with E-state index >= 15 is 0 Å². The fourth-order valence-corrected chi connectivity index (χ4v) is 2.54. The average Bonchev–Trinajstić information content (AvgIpc) is 2.24. The lowest BCUT2D eigenvalue weighted by molar-refractivity contribution is 0.253. The molecule has 16 heavy (non-hydrogen) atoms. The van der Waals surface area contributed by atoms with E-state index in [0.29, 0.717) is 11.6 Å². The van der Waals surface area contributed by atoms with Crippen LogP contribution in [-0.4, -0.2) is 24.7 Å². The van der Waals surface area contributed by atoms with Crippen molar-refractivity contribution in [1.82, 2.24) is 10.6 Å². The van der Waals surface area contributed by atoms with Gasteiger partial charge in [-0.25, -0.2) is 0 Å². The van der Waals surface area contributed by atoms with Crippen LogP contribution in [0.2, 0.25) is 0 Å². The third-order valence-corrected chi connectivity index (χ3v) is 3.67. The van der Waals surface area contributed by atoms with Crippen LogP contribution in [0, 0.1) is 0 Å². The summed E-state index contributed by atoms with van der Waals surface area (Å²) in [6, 6.07) is 0.629. The van der Waals surface area contributed by atoms with E-state index in [1.165, 1.54) is 51.5 Å². The van der Waals surface area contributed by atoms with Crippen LogP contribution in [0.4, 0.5) is 0 Å². The molecule has 1 aliphatic carbocycles. The molecule has 0 spiro atoms. The van der Waals surface area contributed by atoms with Gasteiger partial charge in [-0.15, -0.1) is 0 Å². The van der Waals surface area contributed by atoms with Crippen LogP contribution in [0.25, 0.3) is 0 Å². The maximum atomic E-state index is 3.76. The minimum atomic E-state index is 0.448. The Kier molecular flexibility index (Phi) is 6.37. The van der Waals surface area contributed by atoms with Crippen molar-refractivity contribution < 1.29 is 0 Å². The van der Waals surface area contributed by atoms with Gasteiger partial charge in [0.2, 0.25) is 0 Å². The zero-order valence-electron chi connectivity index (χ0n) is 11.4. The van der Waals surface area contributed by atoms with E-state index in [1.54, 1.807) is 0 Å². The van der Waals surface area contributed by atoms with Crippen molar-refractivity contribution in [2.75, 3.05) is 13.1 Å². The van der Waals surface area contributed by atoms with Crippen LogP contribution in [-0.2, 0) is 0 Å². The van der Waals surface area contributed by atoms with E-state index in [1.807, 2.05) is 0 Å². The molecule has 0 aromatic carbocycles. The standard InChI is InChI=1S/C14H30N2/c1-13(2)15-11-7-8-12-16-14(3)9-5-4-6-10-14/h13,15-16H,4-12H2,1-3H3. The number of unbranched alkanes of at least 4 members (excludes halogenated alkanes) is 1. The van der Waals surface area contributed by atoms with E-state index < -0.39 is 0 Å². The van der Waals surface area contributed by atoms with Crippen molar-refractivity contribution >= 4 is 0 Å². The summed E-state index contributed by atoms with van der Waals surface area (Å²) < 4.78 is 0. The maximum absolute atomic E-state index is 3.76. The minimum absolute atomic E-state index is 0.448. The van der Waals surface area contributed by atoms with Gasteiger partial charge >= 0.3 is 0 Å². The largest absolute Gasteiger partial charge is 0.315 e. The van der Waals surface area contributed by atoms with Crippen LogP contribution in [0.15, 0.2) is 0 Å². The second-order valence-corrected chi connectivity index (χ2v) is 5.86. The van der Waals surface area contributed by atoms with Crippen molar-refractivity contribution in [2.24, 2.45) is 0 Å². The van der Waals surface area contributed by atoms with E-state index in [-0.39, 0.29) is 0 Å². The molecular formula is C14H30N2. The van der Waals surface area contributed by atoms with Crippen molar-refractivity contribution in [3.63, 3.8) is 0 Å². The third-order valence-electron chi connectivity index (χ3n) is 3.67. The van der Waals surface area contributed by atoms with Crippen LogP contribution >= 0.6 is 0 Å². The van der Waals surface area contributed by atoms with E-state index in [4.69, 9.17) is 0 Å². The summed E-state index contributed by atoms with van der Waals surface area (Å²) in [5.74, 6) is 0. The second kappa shape index (κ2) is 7.29. The molecule has 2 N–H and O–H groups in total. The van der Waals surface area contributed by atoms with Crippen LogP contribution < -0.4 is 10.6 Å². The Hall–Kier alpha value is -0.0800. The van der Waals surface area contributed by atoms with Gasteiger partial charge in [0, 0.05) is 11.6 Å². The first-order chi connectivity index (χ1) is 7.62. The third kappa shape index (κ3) is 5.86. The highest BCUT2D eigenvalue weighted by atomic mass is 15.0. The summed E-state index contributed by atoms with van der Waals surface area (Å²) in [6.07, 6.45) is 9.61. The summed E-state index contributed by atoms with van der Waals surface area (Å²) in [7, 11) is 0. The Morgan fingerprint density at radius 3 is 2.25 bits per heavy atom. The van der Waals surface area contributed by atoms with Gasteiger partial charge in [0.25, 0.3) is 0 Å². The average molecular weight is 226 g/mol. The molecule has 0 aromatic rings. The van der Waals surface area contributed by atoms with Crippen molar-refractivity contribution in [3.05, 3.63) is 0 Å². The molecule has 0 bridgehead atoms. The molecule has 1 saturated carbocycles. The first-order valence-electron chi connectivity index (χ1n) is 7.11. The molecule has 0 aromatic heterocycles. The van der Waals surface area contributed by atoms with Crippen molar-refractivity contribution in [1.29, 1.82) is 0 Å². The van der Waals surface area contributed by atoms with Crippen molar-refractivity contribution in [3.8, 4) is 0 Å². The zero-order valence-corrected chi connectivity index (χ0v) is 11.4. The Morgan fingerprint density at radius 1 is 1.00 bits per heavy atom. The Bertz CT molecular complexity index is 172. The fourth-order valence-electron chi connectivity index (χ4n) is 2.54. The maximum Gasteiger partial charge on any atom is 0.0153 e. The van der Waals surface area contributed by atoms with Gasteiger partial charge in [-0.2, -0.15) is 0 Å². The van der Waals surface area contributed by atoms with E-state index in [0.717, 1.165) is 6.54 Å². The number of rotatable bonds is 7. The molecule has 0 radical (unpaired) electrons. The lowest BCUT2D eigenvalue weighted by atomic mass is 9.83. The molecule has 0 saturated heterocycles. The molecule has 0 heterocycles. The molecule has 1 aliphatic rings. The number of nitrogens with one attached hydrogen (secondary N) is 2. The Morgan fingerprint density at radius 2 is 1.62 bits per heavy atom. The van der Waals surface area contributed by atoms with E-state index in [2.05, 4.69) is 31.4 Å². The molecule has 0 unspecified atom stereocenters. The molecule has 96 valence electrons. The molecule has 1 rings (SSSR count). The summed E-state index contributed by atoms with van der Waals surface area (Å²) in [5, 5.41) is 7.22. The normalized spacial score (nSPS) is 20.2. The molecular weight excluding hydrogens is 196 g/mol. The first-order valence-corrected chi connectivity index (χ1v) is 7.11. The second-order valence-electron chi connectivity index (χ2n) is 5.86. The Labute approximate surface area is 102 Å². The highest BCUT2D eigenvalue weighted by Crippen LogP contribution is 2.27. The molecule has 0 amide bonds. The lowest BCUT2D eigenvalue weighted by Crippen LogP contribution is -2.44. The summed E-state index contributed by atoms with van der Waals surface area (Å²) in [6.45, 7) is 9.17. The molecule has 0 atom stereocenters. The lowest BCUT2D eigenvalue weighted by Gasteiger charge is -2.34. The zero-order chi connectivity index (χ0) is 11.9. The van der Waals surface area contributed by atoms with Gasteiger partial charge in [-0.05, 0) is 45.7 Å². The van der Waals surface area contributed by atoms with Gasteiger partial charge in [0.1, 0.15) is 0 Å². The smallest absolute Gasteiger partial charge is 0.0153 e. The van der Waals surface area contributed by atoms with Crippen LogP contribution in [0.5, 0.6) is 0 Å². The van der Waals surface area contributed by atoms with Gasteiger partial charge in [0.05, 0.1) is 0 Å². The predicted octanol–water partition coefficient (Wildman–Crippen LogP) is 3.08. The molecule has 0 aliphatic heterocycles. The summed E-state index contributed by atoms with van der Waals surface area (Å²) in [4.78, 5) is 0. The summed E-state index contributed by atoms with van der Waals surface area (Å²) in [5.41, 5.74) is 0.448. The topological polar surface area (TPSA) is 24.1 Å². The van der Waals surface area contributed by atoms with Gasteiger partial charge < -0.3 is 10.6 Å². The number of hydrogen-bond donors (Lipinski definition) is 2. The van der Waals surface area contributed by atoms with Gasteiger partial charge in [-0.3, -0.25) is 0 Å². The van der Waals surface area contributed by atoms with Gasteiger partial charge in [-0.1, -0.05) is 33.1 Å². The quantitative estimate of drug-likeness (QED) is 0.652. The Balaban J connectivity index is 1.97. The van der Waals surface area contributed by atoms with Crippen molar-refractivity contribution in [2.45, 2.75) is 77.3 Å². The SMILES string of the molecule is CC(C)NCCCCNC1(C)CCCCC1. The highest BCUT2D eigenvalue weighted by molar-refractivity contribution is 4.85. The monoisotopic (exact) mass is 226 g/mol. The molecule has 2 nitrogen and oxygen atoms in total. The first kappa shape index (κ1) is 14.0. The highest BCUT2D eigenvalue weighted by Gasteiger charge is 2.25. The fraction of sp³-hybridized carbons (Fsp3) is 1.00. The van der Waals surface area contributed by atoms with Crippen LogP contribution in [0.1, 0.15) is 65.7 Å². The van der Waals surface area contributed by atoms with Gasteiger partial charge in [0.15, 0.2) is 0 Å². The molecule has 2 heteroatoms. The number of hydrogen-bond acceptors (Lipinski definition) is 2. The van der Waals surface area contributed by atoms with Crippen LogP contribution in [0.3, 0.4) is 0 Å².